The molecule has 0 aromatic carbocycles. The third kappa shape index (κ3) is 6.16. The fourth-order valence-corrected chi connectivity index (χ4v) is 2.78. The van der Waals surface area contributed by atoms with E-state index in [-0.39, 0.29) is 24.0 Å². The Kier molecular flexibility index (Phi) is 7.39. The van der Waals surface area contributed by atoms with Crippen LogP contribution in [0, 0.1) is 0 Å². The van der Waals surface area contributed by atoms with E-state index in [1.54, 1.807) is 0 Å². The second-order valence-corrected chi connectivity index (χ2v) is 6.22. The summed E-state index contributed by atoms with van der Waals surface area (Å²) >= 11 is 0. The van der Waals surface area contributed by atoms with Gasteiger partial charge in [-0.25, -0.2) is 4.98 Å². The van der Waals surface area contributed by atoms with E-state index >= 15 is 0 Å². The van der Waals surface area contributed by atoms with Gasteiger partial charge in [-0.15, -0.1) is 24.0 Å². The largest absolute Gasteiger partial charge is 0.474 e. The molecule has 1 heterocycles. The summed E-state index contributed by atoms with van der Waals surface area (Å²) < 4.78 is 6.02. The van der Waals surface area contributed by atoms with Crippen LogP contribution in [-0.4, -0.2) is 30.1 Å². The van der Waals surface area contributed by atoms with Gasteiger partial charge in [-0.05, 0) is 50.2 Å². The minimum absolute atomic E-state index is 0. The first-order valence-electron chi connectivity index (χ1n) is 8.42. The fourth-order valence-electron chi connectivity index (χ4n) is 2.78. The minimum Gasteiger partial charge on any atom is -0.474 e. The van der Waals surface area contributed by atoms with Crippen LogP contribution in [0.2, 0.25) is 0 Å². The molecule has 0 bridgehead atoms. The topological polar surface area (TPSA) is 58.5 Å². The predicted molar refractivity (Wildman–Crippen MR) is 104 cm³/mol. The van der Waals surface area contributed by atoms with Gasteiger partial charge in [0.2, 0.25) is 5.88 Å². The standard InChI is InChI=1S/C17H26N4O.HI/c1-18-17(21-14-7-8-14)20-12-13-9-10-19-16(11-13)22-15-5-3-2-4-6-15;/h9-11,14-15H,2-8,12H2,1H3,(H2,18,20,21);1H. The van der Waals surface area contributed by atoms with Crippen LogP contribution in [-0.2, 0) is 6.54 Å². The molecule has 1 aromatic rings. The van der Waals surface area contributed by atoms with E-state index in [1.807, 2.05) is 25.4 Å². The van der Waals surface area contributed by atoms with Crippen LogP contribution in [0.1, 0.15) is 50.5 Å². The Morgan fingerprint density at radius 3 is 2.74 bits per heavy atom. The molecule has 2 aliphatic rings. The molecular formula is C17H27IN4O. The Labute approximate surface area is 155 Å². The summed E-state index contributed by atoms with van der Waals surface area (Å²) in [6.07, 6.45) is 10.9. The lowest BCUT2D eigenvalue weighted by molar-refractivity contribution is 0.148. The van der Waals surface area contributed by atoms with Crippen LogP contribution >= 0.6 is 24.0 Å². The van der Waals surface area contributed by atoms with Crippen LogP contribution in [0.15, 0.2) is 23.3 Å². The maximum Gasteiger partial charge on any atom is 0.213 e. The van der Waals surface area contributed by atoms with Crippen molar-refractivity contribution < 1.29 is 4.74 Å². The Balaban J connectivity index is 0.00000192. The molecule has 2 saturated carbocycles. The van der Waals surface area contributed by atoms with Gasteiger partial charge in [-0.3, -0.25) is 4.99 Å². The molecule has 2 aliphatic carbocycles. The highest BCUT2D eigenvalue weighted by Crippen LogP contribution is 2.22. The van der Waals surface area contributed by atoms with Gasteiger partial charge in [0.15, 0.2) is 5.96 Å². The summed E-state index contributed by atoms with van der Waals surface area (Å²) in [6, 6.07) is 4.66. The van der Waals surface area contributed by atoms with E-state index < -0.39 is 0 Å². The summed E-state index contributed by atoms with van der Waals surface area (Å²) in [5.41, 5.74) is 1.17. The molecule has 1 aromatic heterocycles. The molecule has 0 saturated heterocycles. The Morgan fingerprint density at radius 1 is 1.26 bits per heavy atom. The van der Waals surface area contributed by atoms with Crippen molar-refractivity contribution in [2.75, 3.05) is 7.05 Å². The van der Waals surface area contributed by atoms with E-state index in [4.69, 9.17) is 4.74 Å². The number of nitrogens with one attached hydrogen (secondary N) is 2. The van der Waals surface area contributed by atoms with Gasteiger partial charge in [0.25, 0.3) is 0 Å². The molecule has 0 unspecified atom stereocenters. The first kappa shape index (κ1) is 18.3. The highest BCUT2D eigenvalue weighted by molar-refractivity contribution is 14.0. The van der Waals surface area contributed by atoms with Gasteiger partial charge >= 0.3 is 0 Å². The molecule has 0 amide bonds. The number of aromatic nitrogens is 1. The molecule has 2 fully saturated rings. The Bertz CT molecular complexity index is 513. The zero-order chi connectivity index (χ0) is 15.2. The molecule has 0 aliphatic heterocycles. The van der Waals surface area contributed by atoms with Crippen LogP contribution in [0.3, 0.4) is 0 Å². The summed E-state index contributed by atoms with van der Waals surface area (Å²) in [5.74, 6) is 1.62. The second kappa shape index (κ2) is 9.30. The molecule has 6 heteroatoms. The van der Waals surface area contributed by atoms with Crippen molar-refractivity contribution in [1.29, 1.82) is 0 Å². The van der Waals surface area contributed by atoms with Crippen LogP contribution in [0.5, 0.6) is 5.88 Å². The number of guanidine groups is 1. The molecule has 23 heavy (non-hydrogen) atoms. The number of pyridine rings is 1. The number of rotatable bonds is 5. The van der Waals surface area contributed by atoms with Crippen LogP contribution in [0.25, 0.3) is 0 Å². The summed E-state index contributed by atoms with van der Waals surface area (Å²) in [6.45, 7) is 0.732. The molecule has 5 nitrogen and oxygen atoms in total. The maximum atomic E-state index is 6.02. The Morgan fingerprint density at radius 2 is 2.04 bits per heavy atom. The zero-order valence-electron chi connectivity index (χ0n) is 13.8. The third-order valence-electron chi connectivity index (χ3n) is 4.24. The van der Waals surface area contributed by atoms with E-state index in [2.05, 4.69) is 20.6 Å². The molecule has 3 rings (SSSR count). The first-order valence-corrected chi connectivity index (χ1v) is 8.42. The van der Waals surface area contributed by atoms with Crippen molar-refractivity contribution >= 4 is 29.9 Å². The third-order valence-corrected chi connectivity index (χ3v) is 4.24. The van der Waals surface area contributed by atoms with Crippen LogP contribution in [0.4, 0.5) is 0 Å². The number of ether oxygens (including phenoxy) is 1. The summed E-state index contributed by atoms with van der Waals surface area (Å²) in [5, 5.41) is 6.73. The number of hydrogen-bond acceptors (Lipinski definition) is 3. The highest BCUT2D eigenvalue weighted by Gasteiger charge is 2.22. The Hall–Kier alpha value is -1.05. The SMILES string of the molecule is CN=C(NCc1ccnc(OC2CCCCC2)c1)NC1CC1.I. The molecule has 0 spiro atoms. The lowest BCUT2D eigenvalue weighted by Crippen LogP contribution is -2.38. The number of nitrogens with zero attached hydrogens (tertiary/aromatic N) is 2. The average molecular weight is 430 g/mol. The molecule has 0 atom stereocenters. The van der Waals surface area contributed by atoms with Crippen molar-refractivity contribution in [3.8, 4) is 5.88 Å². The van der Waals surface area contributed by atoms with Crippen molar-refractivity contribution in [2.45, 2.75) is 63.6 Å². The summed E-state index contributed by atoms with van der Waals surface area (Å²) in [7, 11) is 1.81. The first-order chi connectivity index (χ1) is 10.8. The van der Waals surface area contributed by atoms with Gasteiger partial charge in [0.05, 0.1) is 0 Å². The van der Waals surface area contributed by atoms with Gasteiger partial charge in [-0.2, -0.15) is 0 Å². The maximum absolute atomic E-state index is 6.02. The lowest BCUT2D eigenvalue weighted by Gasteiger charge is -2.22. The van der Waals surface area contributed by atoms with E-state index in [0.717, 1.165) is 31.2 Å². The van der Waals surface area contributed by atoms with E-state index in [1.165, 1.54) is 37.7 Å². The quantitative estimate of drug-likeness (QED) is 0.428. The lowest BCUT2D eigenvalue weighted by atomic mass is 9.98. The molecular weight excluding hydrogens is 403 g/mol. The van der Waals surface area contributed by atoms with E-state index in [9.17, 15) is 0 Å². The van der Waals surface area contributed by atoms with Crippen molar-refractivity contribution in [2.24, 2.45) is 4.99 Å². The average Bonchev–Trinajstić information content (AvgIpc) is 3.37. The molecule has 128 valence electrons. The smallest absolute Gasteiger partial charge is 0.213 e. The van der Waals surface area contributed by atoms with Crippen molar-refractivity contribution in [1.82, 2.24) is 15.6 Å². The van der Waals surface area contributed by atoms with Gasteiger partial charge < -0.3 is 15.4 Å². The van der Waals surface area contributed by atoms with E-state index in [0.29, 0.717) is 12.1 Å². The number of aliphatic imine (C=N–C) groups is 1. The van der Waals surface area contributed by atoms with Crippen LogP contribution < -0.4 is 15.4 Å². The summed E-state index contributed by atoms with van der Waals surface area (Å²) in [4.78, 5) is 8.59. The van der Waals surface area contributed by atoms with Crippen molar-refractivity contribution in [3.63, 3.8) is 0 Å². The zero-order valence-corrected chi connectivity index (χ0v) is 16.1. The van der Waals surface area contributed by atoms with Gasteiger partial charge in [-0.1, -0.05) is 6.42 Å². The minimum atomic E-state index is 0. The molecule has 0 radical (unpaired) electrons. The van der Waals surface area contributed by atoms with Gasteiger partial charge in [0, 0.05) is 31.9 Å². The van der Waals surface area contributed by atoms with Crippen molar-refractivity contribution in [3.05, 3.63) is 23.9 Å². The second-order valence-electron chi connectivity index (χ2n) is 6.22. The number of halogens is 1. The normalized spacial score (nSPS) is 18.9. The monoisotopic (exact) mass is 430 g/mol. The highest BCUT2D eigenvalue weighted by atomic mass is 127. The fraction of sp³-hybridized carbons (Fsp3) is 0.647. The predicted octanol–water partition coefficient (Wildman–Crippen LogP) is 3.24. The van der Waals surface area contributed by atoms with Gasteiger partial charge in [0.1, 0.15) is 6.10 Å². The molecule has 2 N–H and O–H groups in total. The number of hydrogen-bond donors (Lipinski definition) is 2.